The molecule has 6 heteroatoms. The molecule has 0 amide bonds. The Morgan fingerprint density at radius 3 is 3.00 bits per heavy atom. The van der Waals surface area contributed by atoms with E-state index in [0.717, 1.165) is 0 Å². The van der Waals surface area contributed by atoms with Gasteiger partial charge in [-0.05, 0) is 19.9 Å². The second-order valence-corrected chi connectivity index (χ2v) is 4.67. The predicted octanol–water partition coefficient (Wildman–Crippen LogP) is 0.858. The molecule has 0 radical (unpaired) electrons. The average Bonchev–Trinajstić information content (AvgIpc) is 2.27. The van der Waals surface area contributed by atoms with Crippen LogP contribution in [-0.4, -0.2) is 32.3 Å². The van der Waals surface area contributed by atoms with Crippen molar-refractivity contribution in [2.24, 2.45) is 0 Å². The zero-order valence-electron chi connectivity index (χ0n) is 10.3. The largest absolute Gasteiger partial charge is 0.465 e. The molecule has 0 aliphatic rings. The van der Waals surface area contributed by atoms with Gasteiger partial charge in [0.05, 0.1) is 29.3 Å². The molecular formula is C12H15N3O3. The average molecular weight is 249 g/mol. The zero-order valence-corrected chi connectivity index (χ0v) is 10.3. The van der Waals surface area contributed by atoms with Crippen LogP contribution >= 0.6 is 0 Å². The molecule has 0 fully saturated rings. The van der Waals surface area contributed by atoms with E-state index in [0.29, 0.717) is 17.3 Å². The third-order valence-electron chi connectivity index (χ3n) is 2.44. The molecule has 2 heterocycles. The fraction of sp³-hybridized carbons (Fsp3) is 0.417. The van der Waals surface area contributed by atoms with Crippen LogP contribution in [0.1, 0.15) is 20.3 Å². The maximum atomic E-state index is 11.7. The molecule has 6 nitrogen and oxygen atoms in total. The van der Waals surface area contributed by atoms with Crippen molar-refractivity contribution in [3.05, 3.63) is 28.8 Å². The van der Waals surface area contributed by atoms with E-state index in [9.17, 15) is 9.90 Å². The molecule has 0 saturated carbocycles. The molecule has 2 aromatic rings. The number of aromatic nitrogens is 3. The molecule has 96 valence electrons. The van der Waals surface area contributed by atoms with Crippen molar-refractivity contribution in [2.75, 3.05) is 6.61 Å². The summed E-state index contributed by atoms with van der Waals surface area (Å²) in [5, 5.41) is 10.0. The molecule has 0 atom stereocenters. The number of aliphatic hydroxyl groups is 1. The number of hydrogen-bond donors (Lipinski definition) is 2. The minimum absolute atomic E-state index is 0.143. The van der Waals surface area contributed by atoms with Crippen LogP contribution in [0.5, 0.6) is 6.01 Å². The summed E-state index contributed by atoms with van der Waals surface area (Å²) < 4.78 is 5.32. The molecule has 0 aliphatic heterocycles. The Labute approximate surface area is 104 Å². The van der Waals surface area contributed by atoms with Crippen molar-refractivity contribution in [1.29, 1.82) is 0 Å². The van der Waals surface area contributed by atoms with Gasteiger partial charge in [-0.15, -0.1) is 0 Å². The van der Waals surface area contributed by atoms with Gasteiger partial charge in [-0.2, -0.15) is 4.98 Å². The zero-order chi connectivity index (χ0) is 13.2. The molecule has 0 aliphatic carbocycles. The maximum absolute atomic E-state index is 11.7. The standard InChI is InChI=1S/C12H15N3O3/c1-12(2,17)4-6-18-11-14-9-7-13-5-3-8(9)10(16)15-11/h3,5,7,17H,4,6H2,1-2H3,(H,14,15,16). The second-order valence-electron chi connectivity index (χ2n) is 4.67. The number of ether oxygens (including phenoxy) is 1. The van der Waals surface area contributed by atoms with Crippen molar-refractivity contribution < 1.29 is 9.84 Å². The van der Waals surface area contributed by atoms with E-state index in [1.165, 1.54) is 12.4 Å². The Morgan fingerprint density at radius 2 is 2.28 bits per heavy atom. The first kappa shape index (κ1) is 12.5. The van der Waals surface area contributed by atoms with Crippen LogP contribution in [0.15, 0.2) is 23.3 Å². The van der Waals surface area contributed by atoms with Crippen LogP contribution in [0.2, 0.25) is 0 Å². The van der Waals surface area contributed by atoms with Crippen molar-refractivity contribution in [3.63, 3.8) is 0 Å². The molecule has 0 spiro atoms. The number of H-pyrrole nitrogens is 1. The first-order chi connectivity index (χ1) is 8.46. The summed E-state index contributed by atoms with van der Waals surface area (Å²) in [5.41, 5.74) is -0.584. The van der Waals surface area contributed by atoms with E-state index in [1.54, 1.807) is 19.9 Å². The SMILES string of the molecule is CC(C)(O)CCOc1nc2cnccc2c(=O)[nH]1. The molecule has 18 heavy (non-hydrogen) atoms. The lowest BCUT2D eigenvalue weighted by atomic mass is 10.1. The lowest BCUT2D eigenvalue weighted by Crippen LogP contribution is -2.22. The molecule has 0 unspecified atom stereocenters. The first-order valence-electron chi connectivity index (χ1n) is 5.65. The van der Waals surface area contributed by atoms with Gasteiger partial charge < -0.3 is 9.84 Å². The number of aromatic amines is 1. The van der Waals surface area contributed by atoms with E-state index in [4.69, 9.17) is 4.74 Å². The summed E-state index contributed by atoms with van der Waals surface area (Å²) in [6, 6.07) is 1.74. The molecule has 0 aromatic carbocycles. The van der Waals surface area contributed by atoms with Gasteiger partial charge in [0.25, 0.3) is 11.6 Å². The normalized spacial score (nSPS) is 11.7. The first-order valence-corrected chi connectivity index (χ1v) is 5.65. The van der Waals surface area contributed by atoms with Gasteiger partial charge in [0, 0.05) is 12.6 Å². The van der Waals surface area contributed by atoms with Gasteiger partial charge in [-0.1, -0.05) is 0 Å². The van der Waals surface area contributed by atoms with Gasteiger partial charge in [-0.3, -0.25) is 14.8 Å². The van der Waals surface area contributed by atoms with Crippen molar-refractivity contribution in [3.8, 4) is 6.01 Å². The minimum Gasteiger partial charge on any atom is -0.465 e. The number of pyridine rings is 1. The predicted molar refractivity (Wildman–Crippen MR) is 66.6 cm³/mol. The van der Waals surface area contributed by atoms with Gasteiger partial charge in [0.1, 0.15) is 0 Å². The Hall–Kier alpha value is -1.95. The van der Waals surface area contributed by atoms with Gasteiger partial charge in [0.2, 0.25) is 0 Å². The Kier molecular flexibility index (Phi) is 3.29. The van der Waals surface area contributed by atoms with Crippen LogP contribution in [0.3, 0.4) is 0 Å². The van der Waals surface area contributed by atoms with E-state index >= 15 is 0 Å². The fourth-order valence-corrected chi connectivity index (χ4v) is 1.43. The third-order valence-corrected chi connectivity index (χ3v) is 2.44. The highest BCUT2D eigenvalue weighted by atomic mass is 16.5. The van der Waals surface area contributed by atoms with Crippen LogP contribution < -0.4 is 10.3 Å². The molecule has 2 N–H and O–H groups in total. The second kappa shape index (κ2) is 4.73. The van der Waals surface area contributed by atoms with Crippen LogP contribution in [0, 0.1) is 0 Å². The summed E-state index contributed by atoms with van der Waals surface area (Å²) in [4.78, 5) is 22.3. The van der Waals surface area contributed by atoms with Crippen molar-refractivity contribution in [1.82, 2.24) is 15.0 Å². The fourth-order valence-electron chi connectivity index (χ4n) is 1.43. The minimum atomic E-state index is -0.807. The Balaban J connectivity index is 2.17. The number of nitrogens with one attached hydrogen (secondary N) is 1. The monoisotopic (exact) mass is 249 g/mol. The summed E-state index contributed by atoms with van der Waals surface area (Å²) >= 11 is 0. The lowest BCUT2D eigenvalue weighted by molar-refractivity contribution is 0.0540. The molecule has 0 saturated heterocycles. The lowest BCUT2D eigenvalue weighted by Gasteiger charge is -2.16. The number of rotatable bonds is 4. The van der Waals surface area contributed by atoms with E-state index in [1.807, 2.05) is 0 Å². The maximum Gasteiger partial charge on any atom is 0.297 e. The summed E-state index contributed by atoms with van der Waals surface area (Å²) in [6.07, 6.45) is 3.49. The van der Waals surface area contributed by atoms with Crippen LogP contribution in [0.4, 0.5) is 0 Å². The quantitative estimate of drug-likeness (QED) is 0.839. The molecule has 2 rings (SSSR count). The molecule has 2 aromatic heterocycles. The van der Waals surface area contributed by atoms with E-state index < -0.39 is 5.60 Å². The number of nitrogens with zero attached hydrogens (tertiary/aromatic N) is 2. The molecule has 0 bridgehead atoms. The Bertz CT molecular complexity index is 601. The van der Waals surface area contributed by atoms with Crippen LogP contribution in [-0.2, 0) is 0 Å². The van der Waals surface area contributed by atoms with Gasteiger partial charge in [-0.25, -0.2) is 0 Å². The summed E-state index contributed by atoms with van der Waals surface area (Å²) in [7, 11) is 0. The third kappa shape index (κ3) is 3.04. The van der Waals surface area contributed by atoms with Gasteiger partial charge >= 0.3 is 0 Å². The number of fused-ring (bicyclic) bond motifs is 1. The van der Waals surface area contributed by atoms with Crippen LogP contribution in [0.25, 0.3) is 10.9 Å². The highest BCUT2D eigenvalue weighted by molar-refractivity contribution is 5.76. The molecular weight excluding hydrogens is 234 g/mol. The topological polar surface area (TPSA) is 88.1 Å². The van der Waals surface area contributed by atoms with E-state index in [2.05, 4.69) is 15.0 Å². The highest BCUT2D eigenvalue weighted by Gasteiger charge is 2.13. The summed E-state index contributed by atoms with van der Waals surface area (Å²) in [5.74, 6) is 0. The van der Waals surface area contributed by atoms with Gasteiger partial charge in [0.15, 0.2) is 0 Å². The summed E-state index contributed by atoms with van der Waals surface area (Å²) in [6.45, 7) is 3.66. The van der Waals surface area contributed by atoms with Crippen molar-refractivity contribution >= 4 is 10.9 Å². The number of hydrogen-bond acceptors (Lipinski definition) is 5. The van der Waals surface area contributed by atoms with Crippen molar-refractivity contribution in [2.45, 2.75) is 25.9 Å². The smallest absolute Gasteiger partial charge is 0.297 e. The highest BCUT2D eigenvalue weighted by Crippen LogP contribution is 2.10. The Morgan fingerprint density at radius 1 is 1.50 bits per heavy atom. The van der Waals surface area contributed by atoms with E-state index in [-0.39, 0.29) is 18.2 Å².